The Labute approximate surface area is 95.6 Å². The van der Waals surface area contributed by atoms with E-state index in [-0.39, 0.29) is 0 Å². The van der Waals surface area contributed by atoms with E-state index in [1.807, 2.05) is 18.5 Å². The third-order valence-electron chi connectivity index (χ3n) is 1.83. The van der Waals surface area contributed by atoms with Crippen LogP contribution in [0.1, 0.15) is 6.92 Å². The van der Waals surface area contributed by atoms with Gasteiger partial charge in [-0.05, 0) is 28.9 Å². The van der Waals surface area contributed by atoms with E-state index in [1.165, 1.54) is 5.69 Å². The minimum Gasteiger partial charge on any atom is -0.370 e. The Morgan fingerprint density at radius 2 is 2.31 bits per heavy atom. The summed E-state index contributed by atoms with van der Waals surface area (Å²) < 4.78 is 1.05. The SMILES string of the molecule is CCN(CCBr)c1ccncc1Br. The summed E-state index contributed by atoms with van der Waals surface area (Å²) in [4.78, 5) is 6.33. The first-order valence-corrected chi connectivity index (χ1v) is 6.11. The van der Waals surface area contributed by atoms with Crippen LogP contribution in [0.5, 0.6) is 0 Å². The Bertz CT molecular complexity index is 266. The summed E-state index contributed by atoms with van der Waals surface area (Å²) in [6, 6.07) is 2.02. The number of hydrogen-bond donors (Lipinski definition) is 0. The molecule has 13 heavy (non-hydrogen) atoms. The summed E-state index contributed by atoms with van der Waals surface area (Å²) >= 11 is 6.93. The van der Waals surface area contributed by atoms with E-state index in [9.17, 15) is 0 Å². The summed E-state index contributed by atoms with van der Waals surface area (Å²) in [7, 11) is 0. The molecule has 1 aromatic rings. The third-order valence-corrected chi connectivity index (χ3v) is 2.79. The minimum absolute atomic E-state index is 0.982. The zero-order chi connectivity index (χ0) is 9.68. The van der Waals surface area contributed by atoms with Gasteiger partial charge < -0.3 is 4.90 Å². The third kappa shape index (κ3) is 2.95. The highest BCUT2D eigenvalue weighted by atomic mass is 79.9. The second-order valence-electron chi connectivity index (χ2n) is 2.60. The average Bonchev–Trinajstić information content (AvgIpc) is 2.16. The van der Waals surface area contributed by atoms with Gasteiger partial charge in [-0.25, -0.2) is 0 Å². The van der Waals surface area contributed by atoms with E-state index in [2.05, 4.69) is 48.7 Å². The Balaban J connectivity index is 2.84. The Morgan fingerprint density at radius 1 is 1.54 bits per heavy atom. The topological polar surface area (TPSA) is 16.1 Å². The van der Waals surface area contributed by atoms with Crippen molar-refractivity contribution in [1.29, 1.82) is 0 Å². The Kier molecular flexibility index (Phi) is 4.73. The van der Waals surface area contributed by atoms with Crippen LogP contribution in [0.25, 0.3) is 0 Å². The number of rotatable bonds is 4. The van der Waals surface area contributed by atoms with E-state index < -0.39 is 0 Å². The van der Waals surface area contributed by atoms with Gasteiger partial charge in [0.05, 0.1) is 10.2 Å². The number of halogens is 2. The van der Waals surface area contributed by atoms with Crippen LogP contribution in [0.2, 0.25) is 0 Å². The highest BCUT2D eigenvalue weighted by Gasteiger charge is 2.06. The van der Waals surface area contributed by atoms with Crippen LogP contribution in [-0.2, 0) is 0 Å². The molecule has 0 spiro atoms. The first-order valence-electron chi connectivity index (χ1n) is 4.20. The van der Waals surface area contributed by atoms with Crippen molar-refractivity contribution >= 4 is 37.5 Å². The molecule has 0 aliphatic rings. The number of nitrogens with zero attached hydrogens (tertiary/aromatic N) is 2. The van der Waals surface area contributed by atoms with Gasteiger partial charge in [-0.3, -0.25) is 4.98 Å². The van der Waals surface area contributed by atoms with Crippen LogP contribution in [0.4, 0.5) is 5.69 Å². The van der Waals surface area contributed by atoms with E-state index in [4.69, 9.17) is 0 Å². The van der Waals surface area contributed by atoms with Gasteiger partial charge in [-0.2, -0.15) is 0 Å². The molecule has 0 saturated carbocycles. The fourth-order valence-corrected chi connectivity index (χ4v) is 2.10. The van der Waals surface area contributed by atoms with Crippen molar-refractivity contribution in [3.8, 4) is 0 Å². The summed E-state index contributed by atoms with van der Waals surface area (Å²) in [5.41, 5.74) is 1.21. The largest absolute Gasteiger partial charge is 0.370 e. The maximum absolute atomic E-state index is 4.04. The molecule has 0 aromatic carbocycles. The van der Waals surface area contributed by atoms with Gasteiger partial charge in [0.2, 0.25) is 0 Å². The molecular weight excluding hydrogens is 296 g/mol. The zero-order valence-electron chi connectivity index (χ0n) is 7.50. The number of alkyl halides is 1. The van der Waals surface area contributed by atoms with Crippen LogP contribution >= 0.6 is 31.9 Å². The van der Waals surface area contributed by atoms with E-state index in [1.54, 1.807) is 0 Å². The van der Waals surface area contributed by atoms with Gasteiger partial charge in [-0.1, -0.05) is 15.9 Å². The van der Waals surface area contributed by atoms with E-state index in [0.717, 1.165) is 22.9 Å². The predicted molar refractivity (Wildman–Crippen MR) is 63.6 cm³/mol. The van der Waals surface area contributed by atoms with Gasteiger partial charge in [0, 0.05) is 30.8 Å². The van der Waals surface area contributed by atoms with Crippen LogP contribution in [-0.4, -0.2) is 23.4 Å². The van der Waals surface area contributed by atoms with Crippen LogP contribution < -0.4 is 4.90 Å². The Morgan fingerprint density at radius 3 is 2.85 bits per heavy atom. The maximum Gasteiger partial charge on any atom is 0.0592 e. The van der Waals surface area contributed by atoms with Crippen molar-refractivity contribution < 1.29 is 0 Å². The van der Waals surface area contributed by atoms with Gasteiger partial charge in [-0.15, -0.1) is 0 Å². The number of hydrogen-bond acceptors (Lipinski definition) is 2. The molecule has 0 fully saturated rings. The lowest BCUT2D eigenvalue weighted by atomic mass is 10.3. The van der Waals surface area contributed by atoms with E-state index in [0.29, 0.717) is 0 Å². The lowest BCUT2D eigenvalue weighted by Gasteiger charge is -2.22. The van der Waals surface area contributed by atoms with Gasteiger partial charge >= 0.3 is 0 Å². The lowest BCUT2D eigenvalue weighted by Crippen LogP contribution is -2.25. The molecule has 0 amide bonds. The molecule has 1 heterocycles. The lowest BCUT2D eigenvalue weighted by molar-refractivity contribution is 0.871. The van der Waals surface area contributed by atoms with Gasteiger partial charge in [0.15, 0.2) is 0 Å². The average molecular weight is 308 g/mol. The summed E-state index contributed by atoms with van der Waals surface area (Å²) in [6.45, 7) is 4.17. The standard InChI is InChI=1S/C9H12Br2N2/c1-2-13(6-4-10)9-3-5-12-7-8(9)11/h3,5,7H,2,4,6H2,1H3. The van der Waals surface area contributed by atoms with Crippen molar-refractivity contribution in [3.63, 3.8) is 0 Å². The number of pyridine rings is 1. The number of aromatic nitrogens is 1. The van der Waals surface area contributed by atoms with Crippen molar-refractivity contribution in [1.82, 2.24) is 4.98 Å². The van der Waals surface area contributed by atoms with Crippen LogP contribution in [0.15, 0.2) is 22.9 Å². The molecular formula is C9H12Br2N2. The van der Waals surface area contributed by atoms with Gasteiger partial charge in [0.25, 0.3) is 0 Å². The highest BCUT2D eigenvalue weighted by Crippen LogP contribution is 2.24. The molecule has 1 rings (SSSR count). The summed E-state index contributed by atoms with van der Waals surface area (Å²) in [5.74, 6) is 0. The van der Waals surface area contributed by atoms with Crippen LogP contribution in [0.3, 0.4) is 0 Å². The molecule has 0 aliphatic heterocycles. The zero-order valence-corrected chi connectivity index (χ0v) is 10.7. The number of anilines is 1. The molecule has 0 saturated heterocycles. The fourth-order valence-electron chi connectivity index (χ4n) is 1.18. The molecule has 0 N–H and O–H groups in total. The van der Waals surface area contributed by atoms with Crippen molar-refractivity contribution in [2.45, 2.75) is 6.92 Å². The molecule has 4 heteroatoms. The highest BCUT2D eigenvalue weighted by molar-refractivity contribution is 9.10. The molecule has 0 radical (unpaired) electrons. The smallest absolute Gasteiger partial charge is 0.0592 e. The maximum atomic E-state index is 4.04. The Hall–Kier alpha value is -0.0900. The first kappa shape index (κ1) is 11.0. The van der Waals surface area contributed by atoms with Crippen molar-refractivity contribution in [2.24, 2.45) is 0 Å². The van der Waals surface area contributed by atoms with E-state index >= 15 is 0 Å². The van der Waals surface area contributed by atoms with Crippen LogP contribution in [0, 0.1) is 0 Å². The molecule has 0 unspecified atom stereocenters. The second kappa shape index (κ2) is 5.60. The molecule has 1 aromatic heterocycles. The first-order chi connectivity index (χ1) is 6.29. The molecule has 0 atom stereocenters. The normalized spacial score (nSPS) is 10.1. The molecule has 0 aliphatic carbocycles. The van der Waals surface area contributed by atoms with Crippen molar-refractivity contribution in [2.75, 3.05) is 23.3 Å². The predicted octanol–water partition coefficient (Wildman–Crippen LogP) is 3.07. The quantitative estimate of drug-likeness (QED) is 0.795. The monoisotopic (exact) mass is 306 g/mol. The molecule has 2 nitrogen and oxygen atoms in total. The second-order valence-corrected chi connectivity index (χ2v) is 4.24. The molecule has 0 bridgehead atoms. The van der Waals surface area contributed by atoms with Gasteiger partial charge in [0.1, 0.15) is 0 Å². The summed E-state index contributed by atoms with van der Waals surface area (Å²) in [6.07, 6.45) is 3.64. The summed E-state index contributed by atoms with van der Waals surface area (Å²) in [5, 5.41) is 0.982. The van der Waals surface area contributed by atoms with Crippen molar-refractivity contribution in [3.05, 3.63) is 22.9 Å². The molecule has 72 valence electrons. The minimum atomic E-state index is 0.982. The fraction of sp³-hybridized carbons (Fsp3) is 0.444.